The largest absolute Gasteiger partial charge is 0.434 e. The number of fused-ring (bicyclic) bond motifs is 1. The molecule has 2 amide bonds. The van der Waals surface area contributed by atoms with Gasteiger partial charge in [0, 0.05) is 30.5 Å². The predicted molar refractivity (Wildman–Crippen MR) is 109 cm³/mol. The Morgan fingerprint density at radius 3 is 2.63 bits per heavy atom. The fourth-order valence-electron chi connectivity index (χ4n) is 3.75. The number of hydrogen-bond acceptors (Lipinski definition) is 3. The highest BCUT2D eigenvalue weighted by Crippen LogP contribution is 2.31. The predicted octanol–water partition coefficient (Wildman–Crippen LogP) is 4.11. The molecule has 0 aliphatic carbocycles. The van der Waals surface area contributed by atoms with Crippen LogP contribution in [0.2, 0.25) is 0 Å². The lowest BCUT2D eigenvalue weighted by Gasteiger charge is -2.19. The van der Waals surface area contributed by atoms with E-state index in [0.29, 0.717) is 5.56 Å². The number of halogens is 2. The van der Waals surface area contributed by atoms with Crippen LogP contribution in [0, 0.1) is 5.92 Å². The average Bonchev–Trinajstić information content (AvgIpc) is 3.13. The van der Waals surface area contributed by atoms with Gasteiger partial charge >= 0.3 is 6.61 Å². The lowest BCUT2D eigenvalue weighted by molar-refractivity contribution is -0.126. The number of anilines is 1. The highest BCUT2D eigenvalue weighted by molar-refractivity contribution is 6.06. The van der Waals surface area contributed by atoms with Gasteiger partial charge in [0.15, 0.2) is 0 Å². The van der Waals surface area contributed by atoms with Crippen molar-refractivity contribution in [1.82, 2.24) is 5.32 Å². The Balaban J connectivity index is 1.45. The van der Waals surface area contributed by atoms with E-state index >= 15 is 0 Å². The van der Waals surface area contributed by atoms with E-state index in [1.165, 1.54) is 6.07 Å². The van der Waals surface area contributed by atoms with Crippen LogP contribution in [0.1, 0.15) is 12.0 Å². The van der Waals surface area contributed by atoms with Crippen molar-refractivity contribution in [3.8, 4) is 5.75 Å². The van der Waals surface area contributed by atoms with E-state index in [9.17, 15) is 18.4 Å². The Morgan fingerprint density at radius 1 is 1.07 bits per heavy atom. The summed E-state index contributed by atoms with van der Waals surface area (Å²) in [4.78, 5) is 26.9. The van der Waals surface area contributed by atoms with E-state index in [1.807, 2.05) is 42.5 Å². The van der Waals surface area contributed by atoms with Gasteiger partial charge in [-0.3, -0.25) is 9.59 Å². The number of nitrogens with zero attached hydrogens (tertiary/aromatic N) is 1. The number of para-hydroxylation sites is 1. The first-order chi connectivity index (χ1) is 14.5. The van der Waals surface area contributed by atoms with Crippen molar-refractivity contribution >= 4 is 28.3 Å². The van der Waals surface area contributed by atoms with E-state index in [4.69, 9.17) is 0 Å². The molecule has 1 unspecified atom stereocenters. The summed E-state index contributed by atoms with van der Waals surface area (Å²) in [5.41, 5.74) is 1.23. The van der Waals surface area contributed by atoms with Crippen molar-refractivity contribution in [3.05, 3.63) is 72.3 Å². The Kier molecular flexibility index (Phi) is 5.61. The molecule has 154 valence electrons. The standard InChI is InChI=1S/C23H20F2N2O3/c24-23(25)30-20-11-4-2-7-16(20)13-26-22(29)17-12-21(28)27(14-17)19-10-5-8-15-6-1-3-9-18(15)19/h1-11,17,23H,12-14H2,(H,26,29). The number of hydrogen-bond donors (Lipinski definition) is 1. The minimum atomic E-state index is -2.94. The van der Waals surface area contributed by atoms with E-state index in [1.54, 1.807) is 23.1 Å². The SMILES string of the molecule is O=C(NCc1ccccc1OC(F)F)C1CC(=O)N(c2cccc3ccccc23)C1. The fraction of sp³-hybridized carbons (Fsp3) is 0.217. The van der Waals surface area contributed by atoms with Crippen molar-refractivity contribution in [2.24, 2.45) is 5.92 Å². The van der Waals surface area contributed by atoms with Gasteiger partial charge in [-0.1, -0.05) is 54.6 Å². The number of rotatable bonds is 6. The summed E-state index contributed by atoms with van der Waals surface area (Å²) in [7, 11) is 0. The Morgan fingerprint density at radius 2 is 1.80 bits per heavy atom. The molecule has 1 N–H and O–H groups in total. The van der Waals surface area contributed by atoms with Gasteiger partial charge in [-0.25, -0.2) is 0 Å². The fourth-order valence-corrected chi connectivity index (χ4v) is 3.75. The minimum absolute atomic E-state index is 0.0210. The number of alkyl halides is 2. The number of nitrogens with one attached hydrogen (secondary N) is 1. The summed E-state index contributed by atoms with van der Waals surface area (Å²) in [6.45, 7) is -2.63. The first-order valence-electron chi connectivity index (χ1n) is 9.61. The molecule has 4 rings (SSSR count). The summed E-state index contributed by atoms with van der Waals surface area (Å²) >= 11 is 0. The molecular formula is C23H20F2N2O3. The average molecular weight is 410 g/mol. The second-order valence-electron chi connectivity index (χ2n) is 7.11. The van der Waals surface area contributed by atoms with Crippen molar-refractivity contribution in [1.29, 1.82) is 0 Å². The summed E-state index contributed by atoms with van der Waals surface area (Å²) in [6.07, 6.45) is 0.101. The molecular weight excluding hydrogens is 390 g/mol. The van der Waals surface area contributed by atoms with Gasteiger partial charge in [0.05, 0.1) is 11.6 Å². The molecule has 0 saturated carbocycles. The maximum atomic E-state index is 12.7. The van der Waals surface area contributed by atoms with Gasteiger partial charge in [0.2, 0.25) is 11.8 Å². The van der Waals surface area contributed by atoms with Crippen molar-refractivity contribution in [2.75, 3.05) is 11.4 Å². The molecule has 0 spiro atoms. The Hall–Kier alpha value is -3.48. The first kappa shape index (κ1) is 19.8. The lowest BCUT2D eigenvalue weighted by atomic mass is 10.1. The zero-order valence-electron chi connectivity index (χ0n) is 16.1. The van der Waals surface area contributed by atoms with Gasteiger partial charge in [-0.2, -0.15) is 8.78 Å². The van der Waals surface area contributed by atoms with E-state index in [0.717, 1.165) is 16.5 Å². The number of carbonyl (C=O) groups is 2. The molecule has 1 fully saturated rings. The monoisotopic (exact) mass is 410 g/mol. The Bertz CT molecular complexity index is 1080. The van der Waals surface area contributed by atoms with Crippen LogP contribution in [-0.4, -0.2) is 25.0 Å². The Labute approximate surface area is 172 Å². The van der Waals surface area contributed by atoms with E-state index in [2.05, 4.69) is 10.1 Å². The first-order valence-corrected chi connectivity index (χ1v) is 9.61. The van der Waals surface area contributed by atoms with Crippen molar-refractivity contribution in [2.45, 2.75) is 19.6 Å². The zero-order valence-corrected chi connectivity index (χ0v) is 16.1. The molecule has 0 radical (unpaired) electrons. The van der Waals surface area contributed by atoms with Crippen molar-refractivity contribution < 1.29 is 23.1 Å². The second kappa shape index (κ2) is 8.49. The second-order valence-corrected chi connectivity index (χ2v) is 7.11. The number of amides is 2. The molecule has 1 saturated heterocycles. The van der Waals surface area contributed by atoms with Gasteiger partial charge in [0.1, 0.15) is 5.75 Å². The molecule has 0 aromatic heterocycles. The third-order valence-corrected chi connectivity index (χ3v) is 5.19. The number of benzene rings is 3. The summed E-state index contributed by atoms with van der Waals surface area (Å²) < 4.78 is 29.6. The van der Waals surface area contributed by atoms with Gasteiger partial charge in [0.25, 0.3) is 0 Å². The molecule has 1 atom stereocenters. The topological polar surface area (TPSA) is 58.6 Å². The quantitative estimate of drug-likeness (QED) is 0.665. The molecule has 30 heavy (non-hydrogen) atoms. The van der Waals surface area contributed by atoms with Crippen LogP contribution in [-0.2, 0) is 16.1 Å². The van der Waals surface area contributed by atoms with Crippen LogP contribution in [0.5, 0.6) is 5.75 Å². The van der Waals surface area contributed by atoms with Crippen molar-refractivity contribution in [3.63, 3.8) is 0 Å². The van der Waals surface area contributed by atoms with Crippen LogP contribution in [0.25, 0.3) is 10.8 Å². The third-order valence-electron chi connectivity index (χ3n) is 5.19. The molecule has 0 bridgehead atoms. The maximum Gasteiger partial charge on any atom is 0.387 e. The van der Waals surface area contributed by atoms with Crippen LogP contribution in [0.4, 0.5) is 14.5 Å². The molecule has 7 heteroatoms. The van der Waals surface area contributed by atoms with Crippen LogP contribution >= 0.6 is 0 Å². The number of carbonyl (C=O) groups excluding carboxylic acids is 2. The zero-order chi connectivity index (χ0) is 21.1. The molecule has 3 aromatic carbocycles. The van der Waals surface area contributed by atoms with Gasteiger partial charge in [-0.15, -0.1) is 0 Å². The number of ether oxygens (including phenoxy) is 1. The smallest absolute Gasteiger partial charge is 0.387 e. The minimum Gasteiger partial charge on any atom is -0.434 e. The molecule has 1 heterocycles. The lowest BCUT2D eigenvalue weighted by Crippen LogP contribution is -2.32. The maximum absolute atomic E-state index is 12.7. The molecule has 3 aromatic rings. The third kappa shape index (κ3) is 4.10. The molecule has 1 aliphatic rings. The van der Waals surface area contributed by atoms with Crippen LogP contribution < -0.4 is 15.0 Å². The van der Waals surface area contributed by atoms with Crippen LogP contribution in [0.3, 0.4) is 0 Å². The highest BCUT2D eigenvalue weighted by atomic mass is 19.3. The summed E-state index contributed by atoms with van der Waals surface area (Å²) in [6, 6.07) is 19.8. The van der Waals surface area contributed by atoms with Crippen LogP contribution in [0.15, 0.2) is 66.7 Å². The van der Waals surface area contributed by atoms with E-state index in [-0.39, 0.29) is 37.1 Å². The van der Waals surface area contributed by atoms with E-state index < -0.39 is 12.5 Å². The normalized spacial score (nSPS) is 16.3. The molecule has 5 nitrogen and oxygen atoms in total. The molecule has 1 aliphatic heterocycles. The summed E-state index contributed by atoms with van der Waals surface area (Å²) in [5.74, 6) is -0.904. The van der Waals surface area contributed by atoms with Gasteiger partial charge < -0.3 is 15.0 Å². The summed E-state index contributed by atoms with van der Waals surface area (Å²) in [5, 5.41) is 4.71. The highest BCUT2D eigenvalue weighted by Gasteiger charge is 2.35. The van der Waals surface area contributed by atoms with Gasteiger partial charge in [-0.05, 0) is 17.5 Å².